The first-order chi connectivity index (χ1) is 9.20. The Balaban J connectivity index is 2.24. The summed E-state index contributed by atoms with van der Waals surface area (Å²) in [6, 6.07) is 7.70. The first-order valence-corrected chi connectivity index (χ1v) is 6.54. The van der Waals surface area contributed by atoms with E-state index < -0.39 is 5.97 Å². The molecule has 2 heterocycles. The van der Waals surface area contributed by atoms with Crippen LogP contribution >= 0.6 is 11.3 Å². The molecule has 0 bridgehead atoms. The van der Waals surface area contributed by atoms with E-state index in [0.717, 1.165) is 26.4 Å². The molecule has 0 N–H and O–H groups in total. The number of furan rings is 1. The van der Waals surface area contributed by atoms with Gasteiger partial charge in [-0.25, -0.2) is 9.78 Å². The zero-order valence-corrected chi connectivity index (χ0v) is 11.3. The minimum atomic E-state index is -0.426. The molecule has 0 aliphatic carbocycles. The number of thiazole rings is 1. The van der Waals surface area contributed by atoms with Crippen LogP contribution < -0.4 is 0 Å². The van der Waals surface area contributed by atoms with Crippen LogP contribution in [0.3, 0.4) is 0 Å². The number of hydrogen-bond acceptors (Lipinski definition) is 5. The molecule has 96 valence electrons. The standard InChI is InChI=1S/C14H11NO3S/c1-8-15-12(14(16)17-2)13(19-8)10-7-18-11-6-4-3-5-9(10)11/h3-7H,1-2H3. The summed E-state index contributed by atoms with van der Waals surface area (Å²) in [4.78, 5) is 16.8. The summed E-state index contributed by atoms with van der Waals surface area (Å²) in [5.74, 6) is -0.426. The fourth-order valence-electron chi connectivity index (χ4n) is 2.00. The Bertz CT molecular complexity index is 757. The van der Waals surface area contributed by atoms with Crippen molar-refractivity contribution in [2.24, 2.45) is 0 Å². The van der Waals surface area contributed by atoms with Gasteiger partial charge >= 0.3 is 5.97 Å². The molecular weight excluding hydrogens is 262 g/mol. The monoisotopic (exact) mass is 273 g/mol. The predicted molar refractivity (Wildman–Crippen MR) is 73.4 cm³/mol. The van der Waals surface area contributed by atoms with Crippen LogP contribution in [0, 0.1) is 6.92 Å². The van der Waals surface area contributed by atoms with Gasteiger partial charge in [-0.15, -0.1) is 11.3 Å². The third kappa shape index (κ3) is 1.92. The van der Waals surface area contributed by atoms with Crippen LogP contribution in [0.2, 0.25) is 0 Å². The Morgan fingerprint density at radius 2 is 2.16 bits per heavy atom. The number of methoxy groups -OCH3 is 1. The second-order valence-electron chi connectivity index (χ2n) is 4.05. The highest BCUT2D eigenvalue weighted by atomic mass is 32.1. The number of aromatic nitrogens is 1. The molecule has 0 aliphatic heterocycles. The molecule has 2 aromatic heterocycles. The molecular formula is C14H11NO3S. The number of hydrogen-bond donors (Lipinski definition) is 0. The molecule has 4 nitrogen and oxygen atoms in total. The van der Waals surface area contributed by atoms with Crippen molar-refractivity contribution in [3.8, 4) is 10.4 Å². The number of fused-ring (bicyclic) bond motifs is 1. The predicted octanol–water partition coefficient (Wildman–Crippen LogP) is 3.65. The Kier molecular flexibility index (Phi) is 2.83. The summed E-state index contributed by atoms with van der Waals surface area (Å²) in [5.41, 5.74) is 2.01. The largest absolute Gasteiger partial charge is 0.464 e. The van der Waals surface area contributed by atoms with E-state index in [1.807, 2.05) is 31.2 Å². The molecule has 0 radical (unpaired) electrons. The van der Waals surface area contributed by atoms with Crippen molar-refractivity contribution in [3.05, 3.63) is 41.2 Å². The van der Waals surface area contributed by atoms with Gasteiger partial charge in [0.15, 0.2) is 5.69 Å². The van der Waals surface area contributed by atoms with Gasteiger partial charge in [0.05, 0.1) is 17.0 Å². The quantitative estimate of drug-likeness (QED) is 0.669. The van der Waals surface area contributed by atoms with E-state index in [9.17, 15) is 4.79 Å². The van der Waals surface area contributed by atoms with Crippen molar-refractivity contribution in [1.29, 1.82) is 0 Å². The van der Waals surface area contributed by atoms with E-state index in [4.69, 9.17) is 9.15 Å². The van der Waals surface area contributed by atoms with Crippen molar-refractivity contribution >= 4 is 28.3 Å². The number of aryl methyl sites for hydroxylation is 1. The molecule has 0 fully saturated rings. The smallest absolute Gasteiger partial charge is 0.358 e. The van der Waals surface area contributed by atoms with Gasteiger partial charge in [-0.1, -0.05) is 18.2 Å². The number of benzene rings is 1. The molecule has 0 saturated heterocycles. The van der Waals surface area contributed by atoms with Crippen LogP contribution in [-0.2, 0) is 4.74 Å². The van der Waals surface area contributed by atoms with Gasteiger partial charge in [-0.3, -0.25) is 0 Å². The van der Waals surface area contributed by atoms with Gasteiger partial charge in [0, 0.05) is 10.9 Å². The van der Waals surface area contributed by atoms with Crippen LogP contribution in [0.4, 0.5) is 0 Å². The number of carbonyl (C=O) groups excluding carboxylic acids is 1. The molecule has 0 atom stereocenters. The van der Waals surface area contributed by atoms with Crippen LogP contribution in [0.25, 0.3) is 21.4 Å². The molecule has 0 saturated carbocycles. The van der Waals surface area contributed by atoms with Gasteiger partial charge in [0.25, 0.3) is 0 Å². The highest BCUT2D eigenvalue weighted by Crippen LogP contribution is 2.36. The van der Waals surface area contributed by atoms with E-state index >= 15 is 0 Å². The maximum atomic E-state index is 11.8. The molecule has 3 rings (SSSR count). The lowest BCUT2D eigenvalue weighted by atomic mass is 10.1. The van der Waals surface area contributed by atoms with Crippen LogP contribution in [-0.4, -0.2) is 18.1 Å². The van der Waals surface area contributed by atoms with E-state index in [1.165, 1.54) is 18.4 Å². The second kappa shape index (κ2) is 4.51. The lowest BCUT2D eigenvalue weighted by Gasteiger charge is -1.98. The fourth-order valence-corrected chi connectivity index (χ4v) is 2.92. The molecule has 0 unspecified atom stereocenters. The van der Waals surface area contributed by atoms with Gasteiger partial charge in [0.1, 0.15) is 11.8 Å². The van der Waals surface area contributed by atoms with E-state index in [0.29, 0.717) is 5.69 Å². The van der Waals surface area contributed by atoms with Crippen molar-refractivity contribution < 1.29 is 13.9 Å². The number of carbonyl (C=O) groups is 1. The average Bonchev–Trinajstić information content (AvgIpc) is 3.01. The highest BCUT2D eigenvalue weighted by molar-refractivity contribution is 7.15. The second-order valence-corrected chi connectivity index (χ2v) is 5.25. The first-order valence-electron chi connectivity index (χ1n) is 5.73. The van der Waals surface area contributed by atoms with Crippen molar-refractivity contribution in [2.45, 2.75) is 6.92 Å². The van der Waals surface area contributed by atoms with Gasteiger partial charge < -0.3 is 9.15 Å². The maximum absolute atomic E-state index is 11.8. The average molecular weight is 273 g/mol. The molecule has 1 aromatic carbocycles. The third-order valence-electron chi connectivity index (χ3n) is 2.84. The summed E-state index contributed by atoms with van der Waals surface area (Å²) < 4.78 is 10.3. The Hall–Kier alpha value is -2.14. The summed E-state index contributed by atoms with van der Waals surface area (Å²) in [7, 11) is 1.36. The SMILES string of the molecule is COC(=O)c1nc(C)sc1-c1coc2ccccc12. The van der Waals surface area contributed by atoms with E-state index in [2.05, 4.69) is 4.98 Å². The van der Waals surface area contributed by atoms with Gasteiger partial charge in [-0.05, 0) is 13.0 Å². The van der Waals surface area contributed by atoms with Crippen LogP contribution in [0.5, 0.6) is 0 Å². The fraction of sp³-hybridized carbons (Fsp3) is 0.143. The normalized spacial score (nSPS) is 10.8. The van der Waals surface area contributed by atoms with Crippen molar-refractivity contribution in [1.82, 2.24) is 4.98 Å². The zero-order chi connectivity index (χ0) is 13.4. The summed E-state index contributed by atoms with van der Waals surface area (Å²) in [5, 5.41) is 1.79. The molecule has 5 heteroatoms. The van der Waals surface area contributed by atoms with Gasteiger partial charge in [0.2, 0.25) is 0 Å². The number of nitrogens with zero attached hydrogens (tertiary/aromatic N) is 1. The van der Waals surface area contributed by atoms with Gasteiger partial charge in [-0.2, -0.15) is 0 Å². The van der Waals surface area contributed by atoms with E-state index in [1.54, 1.807) is 6.26 Å². The lowest BCUT2D eigenvalue weighted by molar-refractivity contribution is 0.0595. The molecule has 3 aromatic rings. The Labute approximate surface area is 113 Å². The van der Waals surface area contributed by atoms with Crippen molar-refractivity contribution in [3.63, 3.8) is 0 Å². The lowest BCUT2D eigenvalue weighted by Crippen LogP contribution is -2.03. The molecule has 0 aliphatic rings. The molecule has 19 heavy (non-hydrogen) atoms. The number of esters is 1. The zero-order valence-electron chi connectivity index (χ0n) is 10.5. The van der Waals surface area contributed by atoms with E-state index in [-0.39, 0.29) is 0 Å². The highest BCUT2D eigenvalue weighted by Gasteiger charge is 2.21. The summed E-state index contributed by atoms with van der Waals surface area (Å²) in [6.45, 7) is 1.86. The molecule has 0 spiro atoms. The topological polar surface area (TPSA) is 52.3 Å². The maximum Gasteiger partial charge on any atom is 0.358 e. The Morgan fingerprint density at radius 1 is 1.37 bits per heavy atom. The summed E-state index contributed by atoms with van der Waals surface area (Å²) >= 11 is 1.46. The summed E-state index contributed by atoms with van der Waals surface area (Å²) in [6.07, 6.45) is 1.66. The minimum absolute atomic E-state index is 0.344. The van der Waals surface area contributed by atoms with Crippen LogP contribution in [0.1, 0.15) is 15.5 Å². The minimum Gasteiger partial charge on any atom is -0.464 e. The Morgan fingerprint density at radius 3 is 2.95 bits per heavy atom. The van der Waals surface area contributed by atoms with Crippen molar-refractivity contribution in [2.75, 3.05) is 7.11 Å². The third-order valence-corrected chi connectivity index (χ3v) is 3.84. The molecule has 0 amide bonds. The number of rotatable bonds is 2. The number of ether oxygens (including phenoxy) is 1. The first kappa shape index (κ1) is 11.9. The van der Waals surface area contributed by atoms with Crippen LogP contribution in [0.15, 0.2) is 34.9 Å². The number of para-hydroxylation sites is 1.